The Labute approximate surface area is 210 Å². The predicted octanol–water partition coefficient (Wildman–Crippen LogP) is 4.82. The molecule has 1 N–H and O–H groups in total. The molecule has 0 radical (unpaired) electrons. The van der Waals surface area contributed by atoms with E-state index in [1.54, 1.807) is 31.6 Å². The second-order valence-electron chi connectivity index (χ2n) is 8.58. The minimum atomic E-state index is -0.334. The van der Waals surface area contributed by atoms with Gasteiger partial charge in [-0.3, -0.25) is 4.90 Å². The molecule has 10 heteroatoms. The number of halogens is 1. The summed E-state index contributed by atoms with van der Waals surface area (Å²) in [7, 11) is 1.66. The molecule has 4 heterocycles. The van der Waals surface area contributed by atoms with E-state index in [9.17, 15) is 9.50 Å². The van der Waals surface area contributed by atoms with Gasteiger partial charge in [-0.25, -0.2) is 4.39 Å². The molecule has 0 spiro atoms. The van der Waals surface area contributed by atoms with Gasteiger partial charge in [-0.15, -0.1) is 5.10 Å². The second-order valence-corrected chi connectivity index (χ2v) is 9.58. The number of aromatic hydroxyl groups is 1. The lowest BCUT2D eigenvalue weighted by Gasteiger charge is -2.40. The molecule has 1 fully saturated rings. The maximum Gasteiger partial charge on any atom is 0.230 e. The Morgan fingerprint density at radius 3 is 2.53 bits per heavy atom. The fraction of sp³-hybridized carbons (Fsp3) is 0.231. The summed E-state index contributed by atoms with van der Waals surface area (Å²) in [6, 6.07) is 17.8. The summed E-state index contributed by atoms with van der Waals surface area (Å²) in [4.78, 5) is 10.4. The third-order valence-corrected chi connectivity index (χ3v) is 7.54. The quantitative estimate of drug-likeness (QED) is 0.355. The number of hydrogen-bond acceptors (Lipinski definition) is 8. The highest BCUT2D eigenvalue weighted by atomic mass is 32.1. The zero-order valence-corrected chi connectivity index (χ0v) is 20.4. The number of anilines is 1. The van der Waals surface area contributed by atoms with Crippen LogP contribution >= 0.6 is 11.3 Å². The van der Waals surface area contributed by atoms with Gasteiger partial charge < -0.3 is 19.2 Å². The summed E-state index contributed by atoms with van der Waals surface area (Å²) in [5.41, 5.74) is 1.91. The molecule has 6 rings (SSSR count). The fourth-order valence-corrected chi connectivity index (χ4v) is 5.79. The number of methoxy groups -OCH3 is 1. The molecule has 2 aromatic carbocycles. The minimum Gasteiger partial charge on any atom is -0.497 e. The van der Waals surface area contributed by atoms with Gasteiger partial charge in [0.15, 0.2) is 5.76 Å². The van der Waals surface area contributed by atoms with E-state index in [1.165, 1.54) is 28.0 Å². The summed E-state index contributed by atoms with van der Waals surface area (Å²) in [6.45, 7) is 3.06. The largest absolute Gasteiger partial charge is 0.497 e. The molecule has 5 aromatic rings. The van der Waals surface area contributed by atoms with Crippen LogP contribution in [0.2, 0.25) is 0 Å². The lowest BCUT2D eigenvalue weighted by molar-refractivity contribution is 0.211. The first-order valence-corrected chi connectivity index (χ1v) is 12.4. The normalized spacial score (nSPS) is 15.4. The summed E-state index contributed by atoms with van der Waals surface area (Å²) in [5, 5.41) is 15.7. The predicted molar refractivity (Wildman–Crippen MR) is 135 cm³/mol. The van der Waals surface area contributed by atoms with E-state index in [0.717, 1.165) is 43.2 Å². The molecule has 0 bridgehead atoms. The summed E-state index contributed by atoms with van der Waals surface area (Å²) >= 11 is 1.35. The zero-order valence-electron chi connectivity index (χ0n) is 19.5. The van der Waals surface area contributed by atoms with Crippen LogP contribution in [0.5, 0.6) is 11.6 Å². The van der Waals surface area contributed by atoms with E-state index in [1.807, 2.05) is 18.2 Å². The molecule has 1 aliphatic rings. The van der Waals surface area contributed by atoms with E-state index in [4.69, 9.17) is 9.15 Å². The highest BCUT2D eigenvalue weighted by Crippen LogP contribution is 2.41. The molecule has 184 valence electrons. The first-order chi connectivity index (χ1) is 17.6. The molecule has 1 atom stereocenters. The molecule has 36 heavy (non-hydrogen) atoms. The number of hydrogen-bond donors (Lipinski definition) is 1. The van der Waals surface area contributed by atoms with Crippen LogP contribution in [0.3, 0.4) is 0 Å². The van der Waals surface area contributed by atoms with E-state index in [-0.39, 0.29) is 17.7 Å². The van der Waals surface area contributed by atoms with Crippen LogP contribution in [0, 0.1) is 5.82 Å². The number of ether oxygens (including phenoxy) is 1. The van der Waals surface area contributed by atoms with Crippen molar-refractivity contribution in [3.05, 3.63) is 83.2 Å². The molecule has 1 saturated heterocycles. The third-order valence-electron chi connectivity index (χ3n) is 6.47. The summed E-state index contributed by atoms with van der Waals surface area (Å²) < 4.78 is 26.4. The maximum atomic E-state index is 14.3. The number of benzene rings is 2. The molecular formula is C26H24FN5O3S. The number of piperazine rings is 1. The summed E-state index contributed by atoms with van der Waals surface area (Å²) in [5.74, 6) is 1.46. The average molecular weight is 506 g/mol. The smallest absolute Gasteiger partial charge is 0.230 e. The summed E-state index contributed by atoms with van der Waals surface area (Å²) in [6.07, 6.45) is 1.56. The Balaban J connectivity index is 1.31. The molecule has 0 aliphatic carbocycles. The fourth-order valence-electron chi connectivity index (χ4n) is 4.67. The molecule has 0 amide bonds. The second kappa shape index (κ2) is 9.29. The van der Waals surface area contributed by atoms with Gasteiger partial charge in [-0.1, -0.05) is 23.5 Å². The Hall–Kier alpha value is -3.89. The Morgan fingerprint density at radius 1 is 1.06 bits per heavy atom. The number of furan rings is 1. The highest BCUT2D eigenvalue weighted by Gasteiger charge is 2.32. The van der Waals surface area contributed by atoms with Crippen molar-refractivity contribution >= 4 is 22.0 Å². The van der Waals surface area contributed by atoms with Crippen LogP contribution in [0.25, 0.3) is 16.5 Å². The van der Waals surface area contributed by atoms with Gasteiger partial charge in [0.1, 0.15) is 11.6 Å². The number of fused-ring (bicyclic) bond motifs is 1. The number of thiazole rings is 1. The molecule has 3 aromatic heterocycles. The number of nitrogens with zero attached hydrogens (tertiary/aromatic N) is 5. The van der Waals surface area contributed by atoms with Gasteiger partial charge in [0.2, 0.25) is 16.7 Å². The van der Waals surface area contributed by atoms with Crippen LogP contribution in [-0.2, 0) is 0 Å². The number of rotatable bonds is 6. The topological polar surface area (TPSA) is 79.3 Å². The van der Waals surface area contributed by atoms with Crippen molar-refractivity contribution in [2.45, 2.75) is 6.04 Å². The van der Waals surface area contributed by atoms with E-state index >= 15 is 0 Å². The van der Waals surface area contributed by atoms with Gasteiger partial charge in [-0.2, -0.15) is 9.50 Å². The van der Waals surface area contributed by atoms with Crippen molar-refractivity contribution in [3.63, 3.8) is 0 Å². The van der Waals surface area contributed by atoms with Crippen LogP contribution in [0.4, 0.5) is 10.1 Å². The lowest BCUT2D eigenvalue weighted by atomic mass is 10.0. The molecular weight excluding hydrogens is 481 g/mol. The molecule has 1 unspecified atom stereocenters. The van der Waals surface area contributed by atoms with Crippen LogP contribution in [0.1, 0.15) is 16.5 Å². The average Bonchev–Trinajstić information content (AvgIpc) is 3.64. The minimum absolute atomic E-state index is 0.00662. The Morgan fingerprint density at radius 2 is 1.86 bits per heavy atom. The molecule has 1 aliphatic heterocycles. The standard InChI is InChI=1S/C26H24FN5O3S/c1-34-20-9-7-19(8-10-20)30-11-13-31(14-12-30)22(17-4-2-5-18(27)16-17)23-25(33)32-26(36-23)28-24(29-32)21-6-3-15-35-21/h2-10,15-16,22,33H,11-14H2,1H3. The first kappa shape index (κ1) is 22.6. The van der Waals surface area contributed by atoms with Gasteiger partial charge in [0.25, 0.3) is 0 Å². The molecule has 0 saturated carbocycles. The third kappa shape index (κ3) is 4.08. The highest BCUT2D eigenvalue weighted by molar-refractivity contribution is 7.17. The van der Waals surface area contributed by atoms with Crippen LogP contribution < -0.4 is 9.64 Å². The van der Waals surface area contributed by atoms with Gasteiger partial charge in [0, 0.05) is 31.9 Å². The van der Waals surface area contributed by atoms with Crippen molar-refractivity contribution in [1.29, 1.82) is 0 Å². The van der Waals surface area contributed by atoms with E-state index < -0.39 is 0 Å². The van der Waals surface area contributed by atoms with Crippen molar-refractivity contribution in [1.82, 2.24) is 19.5 Å². The van der Waals surface area contributed by atoms with E-state index in [0.29, 0.717) is 21.4 Å². The zero-order chi connectivity index (χ0) is 24.6. The maximum absolute atomic E-state index is 14.3. The van der Waals surface area contributed by atoms with Crippen molar-refractivity contribution < 1.29 is 18.7 Å². The van der Waals surface area contributed by atoms with Crippen molar-refractivity contribution in [3.8, 4) is 23.2 Å². The van der Waals surface area contributed by atoms with Crippen molar-refractivity contribution in [2.75, 3.05) is 38.2 Å². The Kier molecular flexibility index (Phi) is 5.82. The SMILES string of the molecule is COc1ccc(N2CCN(C(c3cccc(F)c3)c3sc4nc(-c5ccco5)nn4c3O)CC2)cc1. The van der Waals surface area contributed by atoms with Crippen LogP contribution in [-0.4, -0.2) is 57.9 Å². The Bertz CT molecular complexity index is 1470. The number of aromatic nitrogens is 3. The molecule has 8 nitrogen and oxygen atoms in total. The van der Waals surface area contributed by atoms with Gasteiger partial charge in [0.05, 0.1) is 24.3 Å². The van der Waals surface area contributed by atoms with Crippen molar-refractivity contribution in [2.24, 2.45) is 0 Å². The van der Waals surface area contributed by atoms with Gasteiger partial charge >= 0.3 is 0 Å². The van der Waals surface area contributed by atoms with Crippen LogP contribution in [0.15, 0.2) is 71.3 Å². The van der Waals surface area contributed by atoms with E-state index in [2.05, 4.69) is 32.0 Å². The first-order valence-electron chi connectivity index (χ1n) is 11.6. The lowest BCUT2D eigenvalue weighted by Crippen LogP contribution is -2.47. The monoisotopic (exact) mass is 505 g/mol. The van der Waals surface area contributed by atoms with Gasteiger partial charge in [-0.05, 0) is 54.1 Å².